The first-order chi connectivity index (χ1) is 13.7. The second kappa shape index (κ2) is 6.47. The van der Waals surface area contributed by atoms with Crippen LogP contribution in [0.25, 0.3) is 38.0 Å². The van der Waals surface area contributed by atoms with E-state index in [9.17, 15) is 10.1 Å². The fraction of sp³-hybridized carbons (Fsp3) is 0. The zero-order chi connectivity index (χ0) is 19.1. The Labute approximate surface area is 163 Å². The van der Waals surface area contributed by atoms with E-state index in [0.717, 1.165) is 38.0 Å². The maximum absolute atomic E-state index is 10.9. The number of hydrogen-bond donors (Lipinski definition) is 1. The number of benzene rings is 2. The highest BCUT2D eigenvalue weighted by Crippen LogP contribution is 2.35. The highest BCUT2D eigenvalue weighted by molar-refractivity contribution is 7.18. The number of para-hydroxylation sites is 2. The monoisotopic (exact) mass is 386 g/mol. The van der Waals surface area contributed by atoms with Gasteiger partial charge in [-0.3, -0.25) is 10.1 Å². The molecule has 0 saturated carbocycles. The summed E-state index contributed by atoms with van der Waals surface area (Å²) in [4.78, 5) is 20.7. The van der Waals surface area contributed by atoms with Gasteiger partial charge < -0.3 is 9.55 Å². The number of hydrogen-bond acceptors (Lipinski definition) is 4. The van der Waals surface area contributed by atoms with Crippen LogP contribution < -0.4 is 0 Å². The van der Waals surface area contributed by atoms with E-state index in [1.54, 1.807) is 23.5 Å². The molecule has 0 aliphatic heterocycles. The van der Waals surface area contributed by atoms with Crippen molar-refractivity contribution in [3.8, 4) is 27.0 Å². The van der Waals surface area contributed by atoms with Crippen LogP contribution >= 0.6 is 11.3 Å². The van der Waals surface area contributed by atoms with Gasteiger partial charge in [0.05, 0.1) is 31.4 Å². The van der Waals surface area contributed by atoms with E-state index >= 15 is 0 Å². The SMILES string of the molecule is O=[N+]([O-])c1ccc(-n2cccc2-c2ccc(-c3nc4ccccc4[nH]3)s2)cc1. The summed E-state index contributed by atoms with van der Waals surface area (Å²) in [6, 6.07) is 22.7. The van der Waals surface area contributed by atoms with E-state index in [4.69, 9.17) is 0 Å². The summed E-state index contributed by atoms with van der Waals surface area (Å²) in [5.41, 5.74) is 3.95. The lowest BCUT2D eigenvalue weighted by Crippen LogP contribution is -1.95. The lowest BCUT2D eigenvalue weighted by molar-refractivity contribution is -0.384. The first-order valence-electron chi connectivity index (χ1n) is 8.66. The molecule has 0 aliphatic carbocycles. The summed E-state index contributed by atoms with van der Waals surface area (Å²) in [5.74, 6) is 0.853. The van der Waals surface area contributed by atoms with Crippen molar-refractivity contribution in [1.82, 2.24) is 14.5 Å². The van der Waals surface area contributed by atoms with Crippen molar-refractivity contribution in [1.29, 1.82) is 0 Å². The molecule has 0 spiro atoms. The van der Waals surface area contributed by atoms with Crippen molar-refractivity contribution in [3.05, 3.63) is 89.1 Å². The summed E-state index contributed by atoms with van der Waals surface area (Å²) in [6.07, 6.45) is 1.96. The maximum atomic E-state index is 10.9. The lowest BCUT2D eigenvalue weighted by Gasteiger charge is -2.07. The van der Waals surface area contributed by atoms with Gasteiger partial charge in [-0.25, -0.2) is 4.98 Å². The number of aromatic nitrogens is 3. The molecular formula is C21H14N4O2S. The van der Waals surface area contributed by atoms with Crippen LogP contribution in [0.4, 0.5) is 5.69 Å². The zero-order valence-corrected chi connectivity index (χ0v) is 15.4. The Kier molecular flexibility index (Phi) is 3.80. The van der Waals surface area contributed by atoms with Crippen LogP contribution in [0, 0.1) is 10.1 Å². The van der Waals surface area contributed by atoms with Crippen LogP contribution in [0.15, 0.2) is 79.0 Å². The highest BCUT2D eigenvalue weighted by Gasteiger charge is 2.13. The van der Waals surface area contributed by atoms with Crippen LogP contribution in [0.5, 0.6) is 0 Å². The Morgan fingerprint density at radius 2 is 1.71 bits per heavy atom. The molecule has 0 amide bonds. The molecule has 0 fully saturated rings. The van der Waals surface area contributed by atoms with Gasteiger partial charge in [0.1, 0.15) is 5.82 Å². The van der Waals surface area contributed by atoms with Gasteiger partial charge in [-0.1, -0.05) is 12.1 Å². The van der Waals surface area contributed by atoms with Crippen LogP contribution in [0.1, 0.15) is 0 Å². The molecule has 3 aromatic heterocycles. The number of nitrogens with zero attached hydrogens (tertiary/aromatic N) is 3. The van der Waals surface area contributed by atoms with Gasteiger partial charge in [-0.05, 0) is 48.5 Å². The quantitative estimate of drug-likeness (QED) is 0.320. The standard InChI is InChI=1S/C21H14N4O2S/c26-25(27)15-9-7-14(8-10-15)24-13-3-6-18(24)19-11-12-20(28-19)21-22-16-4-1-2-5-17(16)23-21/h1-13H,(H,22,23). The molecule has 0 radical (unpaired) electrons. The van der Waals surface area contributed by atoms with E-state index in [1.165, 1.54) is 12.1 Å². The average molecular weight is 386 g/mol. The van der Waals surface area contributed by atoms with Gasteiger partial charge in [-0.2, -0.15) is 0 Å². The third-order valence-corrected chi connectivity index (χ3v) is 5.68. The maximum Gasteiger partial charge on any atom is 0.269 e. The molecule has 0 saturated heterocycles. The minimum Gasteiger partial charge on any atom is -0.337 e. The van der Waals surface area contributed by atoms with Crippen molar-refractivity contribution in [2.24, 2.45) is 0 Å². The van der Waals surface area contributed by atoms with Crippen LogP contribution in [-0.4, -0.2) is 19.5 Å². The zero-order valence-electron chi connectivity index (χ0n) is 14.6. The van der Waals surface area contributed by atoms with Gasteiger partial charge in [0.25, 0.3) is 5.69 Å². The molecule has 0 aliphatic rings. The predicted octanol–water partition coefficient (Wildman–Crippen LogP) is 5.66. The van der Waals surface area contributed by atoms with Gasteiger partial charge in [0.2, 0.25) is 0 Å². The Hall–Kier alpha value is -3.71. The number of H-pyrrole nitrogens is 1. The van der Waals surface area contributed by atoms with Gasteiger partial charge in [0.15, 0.2) is 0 Å². The highest BCUT2D eigenvalue weighted by atomic mass is 32.1. The number of aromatic amines is 1. The lowest BCUT2D eigenvalue weighted by atomic mass is 10.2. The Morgan fingerprint density at radius 1 is 0.929 bits per heavy atom. The molecule has 5 aromatic rings. The number of non-ortho nitro benzene ring substituents is 1. The summed E-state index contributed by atoms with van der Waals surface area (Å²) < 4.78 is 2.03. The Morgan fingerprint density at radius 3 is 2.50 bits per heavy atom. The molecule has 0 bridgehead atoms. The molecule has 5 rings (SSSR count). The average Bonchev–Trinajstić information content (AvgIpc) is 3.45. The molecule has 6 nitrogen and oxygen atoms in total. The van der Waals surface area contributed by atoms with Crippen molar-refractivity contribution in [2.75, 3.05) is 0 Å². The predicted molar refractivity (Wildman–Crippen MR) is 111 cm³/mol. The van der Waals surface area contributed by atoms with Crippen molar-refractivity contribution in [3.63, 3.8) is 0 Å². The number of fused-ring (bicyclic) bond motifs is 1. The van der Waals surface area contributed by atoms with Crippen molar-refractivity contribution >= 4 is 28.1 Å². The molecule has 7 heteroatoms. The minimum atomic E-state index is -0.390. The molecule has 3 heterocycles. The third kappa shape index (κ3) is 2.78. The Bertz CT molecular complexity index is 1260. The van der Waals surface area contributed by atoms with E-state index in [2.05, 4.69) is 22.1 Å². The fourth-order valence-electron chi connectivity index (χ4n) is 3.21. The number of nitro benzene ring substituents is 1. The van der Waals surface area contributed by atoms with Crippen LogP contribution in [0.2, 0.25) is 0 Å². The van der Waals surface area contributed by atoms with E-state index in [1.807, 2.05) is 47.2 Å². The van der Waals surface area contributed by atoms with Gasteiger partial charge in [-0.15, -0.1) is 11.3 Å². The van der Waals surface area contributed by atoms with Crippen LogP contribution in [0.3, 0.4) is 0 Å². The summed E-state index contributed by atoms with van der Waals surface area (Å²) in [6.45, 7) is 0. The largest absolute Gasteiger partial charge is 0.337 e. The molecular weight excluding hydrogens is 372 g/mol. The first-order valence-corrected chi connectivity index (χ1v) is 9.48. The molecule has 136 valence electrons. The first kappa shape index (κ1) is 16.5. The Balaban J connectivity index is 1.51. The normalized spacial score (nSPS) is 11.1. The van der Waals surface area contributed by atoms with Crippen molar-refractivity contribution in [2.45, 2.75) is 0 Å². The minimum absolute atomic E-state index is 0.0840. The molecule has 0 unspecified atom stereocenters. The summed E-state index contributed by atoms with van der Waals surface area (Å²) in [5, 5.41) is 10.9. The molecule has 0 atom stereocenters. The molecule has 28 heavy (non-hydrogen) atoms. The van der Waals surface area contributed by atoms with E-state index < -0.39 is 0 Å². The number of nitrogens with one attached hydrogen (secondary N) is 1. The molecule has 2 aromatic carbocycles. The second-order valence-electron chi connectivity index (χ2n) is 6.30. The van der Waals surface area contributed by atoms with Gasteiger partial charge >= 0.3 is 0 Å². The second-order valence-corrected chi connectivity index (χ2v) is 7.39. The van der Waals surface area contributed by atoms with Crippen molar-refractivity contribution < 1.29 is 4.92 Å². The number of rotatable bonds is 4. The fourth-order valence-corrected chi connectivity index (χ4v) is 4.19. The summed E-state index contributed by atoms with van der Waals surface area (Å²) in [7, 11) is 0. The third-order valence-electron chi connectivity index (χ3n) is 4.57. The topological polar surface area (TPSA) is 76.8 Å². The number of nitro groups is 1. The van der Waals surface area contributed by atoms with Gasteiger partial charge in [0, 0.05) is 24.0 Å². The summed E-state index contributed by atoms with van der Waals surface area (Å²) >= 11 is 1.65. The van der Waals surface area contributed by atoms with E-state index in [-0.39, 0.29) is 10.6 Å². The number of thiophene rings is 1. The van der Waals surface area contributed by atoms with Crippen LogP contribution in [-0.2, 0) is 0 Å². The smallest absolute Gasteiger partial charge is 0.269 e. The molecule has 1 N–H and O–H groups in total. The van der Waals surface area contributed by atoms with E-state index in [0.29, 0.717) is 0 Å². The number of imidazole rings is 1.